The summed E-state index contributed by atoms with van der Waals surface area (Å²) in [6.45, 7) is 16.5. The van der Waals surface area contributed by atoms with Crippen LogP contribution in [0.3, 0.4) is 0 Å². The Kier molecular flexibility index (Phi) is 10.6. The first-order valence-electron chi connectivity index (χ1n) is 13.0. The van der Waals surface area contributed by atoms with Crippen molar-refractivity contribution in [3.05, 3.63) is 48.6 Å². The van der Waals surface area contributed by atoms with Gasteiger partial charge in [-0.25, -0.2) is 14.4 Å². The summed E-state index contributed by atoms with van der Waals surface area (Å²) in [7, 11) is 0. The van der Waals surface area contributed by atoms with Crippen LogP contribution in [-0.2, 0) is 25.6 Å². The van der Waals surface area contributed by atoms with E-state index in [1.807, 2.05) is 51.1 Å². The molecular formula is C29H44N2O6. The molecule has 0 radical (unpaired) electrons. The first kappa shape index (κ1) is 30.2. The van der Waals surface area contributed by atoms with Crippen molar-refractivity contribution in [1.29, 1.82) is 0 Å². The van der Waals surface area contributed by atoms with Crippen molar-refractivity contribution in [3.8, 4) is 0 Å². The van der Waals surface area contributed by atoms with Crippen LogP contribution in [0.15, 0.2) is 43.0 Å². The standard InChI is InChI=1S/C29H44N2O6/c1-9-14-23-17-13-18-24(31(23)27(34)37-29(6,7)8)19-30(21(2)25(32)36-28(3,4)5)26(33)35-20-22-15-11-10-12-16-22/h9-12,15-16,21,23-24H,1,13-14,17-20H2,2-8H3. The SMILES string of the molecule is C=CCC1CCCC(CN(C(=O)OCc2ccccc2)C(C)C(=O)OC(C)(C)C)N1C(=O)OC(C)(C)C. The summed E-state index contributed by atoms with van der Waals surface area (Å²) in [4.78, 5) is 42.8. The predicted molar refractivity (Wildman–Crippen MR) is 143 cm³/mol. The lowest BCUT2D eigenvalue weighted by molar-refractivity contribution is -0.160. The zero-order valence-electron chi connectivity index (χ0n) is 23.5. The highest BCUT2D eigenvalue weighted by Gasteiger charge is 2.40. The van der Waals surface area contributed by atoms with E-state index >= 15 is 0 Å². The van der Waals surface area contributed by atoms with E-state index in [1.165, 1.54) is 4.90 Å². The average molecular weight is 517 g/mol. The lowest BCUT2D eigenvalue weighted by Crippen LogP contribution is -2.58. The van der Waals surface area contributed by atoms with Crippen molar-refractivity contribution in [1.82, 2.24) is 9.80 Å². The van der Waals surface area contributed by atoms with Gasteiger partial charge in [-0.2, -0.15) is 0 Å². The summed E-state index contributed by atoms with van der Waals surface area (Å²) in [6, 6.07) is 7.96. The van der Waals surface area contributed by atoms with Crippen LogP contribution >= 0.6 is 0 Å². The molecule has 206 valence electrons. The van der Waals surface area contributed by atoms with Crippen molar-refractivity contribution >= 4 is 18.2 Å². The van der Waals surface area contributed by atoms with Crippen LogP contribution in [-0.4, -0.2) is 63.8 Å². The molecular weight excluding hydrogens is 472 g/mol. The molecule has 0 aromatic heterocycles. The molecule has 2 amide bonds. The summed E-state index contributed by atoms with van der Waals surface area (Å²) in [5, 5.41) is 0. The molecule has 0 aliphatic carbocycles. The van der Waals surface area contributed by atoms with Crippen molar-refractivity contribution < 1.29 is 28.6 Å². The molecule has 1 saturated heterocycles. The van der Waals surface area contributed by atoms with E-state index in [9.17, 15) is 14.4 Å². The number of carbonyl (C=O) groups is 3. The Hall–Kier alpha value is -3.03. The Morgan fingerprint density at radius 1 is 1.03 bits per heavy atom. The van der Waals surface area contributed by atoms with E-state index in [4.69, 9.17) is 14.2 Å². The third-order valence-corrected chi connectivity index (χ3v) is 5.97. The second-order valence-electron chi connectivity index (χ2n) is 11.6. The van der Waals surface area contributed by atoms with Crippen LogP contribution in [0.5, 0.6) is 0 Å². The molecule has 1 aromatic carbocycles. The third-order valence-electron chi connectivity index (χ3n) is 5.97. The first-order chi connectivity index (χ1) is 17.2. The zero-order chi connectivity index (χ0) is 27.8. The number of ether oxygens (including phenoxy) is 3. The molecule has 1 fully saturated rings. The Bertz CT molecular complexity index is 919. The number of carbonyl (C=O) groups excluding carboxylic acids is 3. The lowest BCUT2D eigenvalue weighted by Gasteiger charge is -2.44. The molecule has 2 rings (SSSR count). The fourth-order valence-electron chi connectivity index (χ4n) is 4.32. The van der Waals surface area contributed by atoms with Gasteiger partial charge in [0.1, 0.15) is 23.9 Å². The second-order valence-corrected chi connectivity index (χ2v) is 11.6. The third kappa shape index (κ3) is 9.74. The molecule has 0 N–H and O–H groups in total. The van der Waals surface area contributed by atoms with E-state index in [0.29, 0.717) is 12.8 Å². The van der Waals surface area contributed by atoms with Gasteiger partial charge in [-0.1, -0.05) is 36.4 Å². The summed E-state index contributed by atoms with van der Waals surface area (Å²) in [5.74, 6) is -0.536. The first-order valence-corrected chi connectivity index (χ1v) is 13.0. The van der Waals surface area contributed by atoms with Crippen molar-refractivity contribution in [2.24, 2.45) is 0 Å². The maximum atomic E-state index is 13.4. The van der Waals surface area contributed by atoms with Gasteiger partial charge in [-0.3, -0.25) is 4.90 Å². The monoisotopic (exact) mass is 516 g/mol. The number of hydrogen-bond acceptors (Lipinski definition) is 6. The number of rotatable bonds is 8. The number of benzene rings is 1. The summed E-state index contributed by atoms with van der Waals surface area (Å²) >= 11 is 0. The van der Waals surface area contributed by atoms with Gasteiger partial charge in [0.25, 0.3) is 0 Å². The molecule has 3 unspecified atom stereocenters. The van der Waals surface area contributed by atoms with E-state index in [0.717, 1.165) is 18.4 Å². The zero-order valence-corrected chi connectivity index (χ0v) is 23.5. The lowest BCUT2D eigenvalue weighted by atomic mass is 9.93. The van der Waals surface area contributed by atoms with Crippen LogP contribution in [0.25, 0.3) is 0 Å². The number of amides is 2. The number of nitrogens with zero attached hydrogens (tertiary/aromatic N) is 2. The molecule has 1 aliphatic rings. The summed E-state index contributed by atoms with van der Waals surface area (Å²) in [5.41, 5.74) is -0.552. The normalized spacial score (nSPS) is 18.9. The van der Waals surface area contributed by atoms with Crippen LogP contribution in [0.1, 0.15) is 79.7 Å². The molecule has 8 nitrogen and oxygen atoms in total. The van der Waals surface area contributed by atoms with Crippen molar-refractivity contribution in [3.63, 3.8) is 0 Å². The van der Waals surface area contributed by atoms with E-state index < -0.39 is 35.4 Å². The smallest absolute Gasteiger partial charge is 0.410 e. The Labute approximate surface area is 221 Å². The molecule has 1 aliphatic heterocycles. The highest BCUT2D eigenvalue weighted by Crippen LogP contribution is 2.29. The Balaban J connectivity index is 2.33. The molecule has 8 heteroatoms. The molecule has 1 heterocycles. The molecule has 0 spiro atoms. The van der Waals surface area contributed by atoms with Gasteiger partial charge < -0.3 is 19.1 Å². The van der Waals surface area contributed by atoms with Gasteiger partial charge in [0, 0.05) is 12.6 Å². The molecule has 3 atom stereocenters. The number of likely N-dealkylation sites (tertiary alicyclic amines) is 1. The fraction of sp³-hybridized carbons (Fsp3) is 0.621. The quantitative estimate of drug-likeness (QED) is 0.236. The van der Waals surface area contributed by atoms with Crippen LogP contribution < -0.4 is 0 Å². The van der Waals surface area contributed by atoms with Gasteiger partial charge in [-0.05, 0) is 79.7 Å². The maximum absolute atomic E-state index is 13.4. The topological polar surface area (TPSA) is 85.4 Å². The van der Waals surface area contributed by atoms with Crippen molar-refractivity contribution in [2.75, 3.05) is 6.54 Å². The minimum Gasteiger partial charge on any atom is -0.458 e. The summed E-state index contributed by atoms with van der Waals surface area (Å²) in [6.07, 6.45) is 3.66. The van der Waals surface area contributed by atoms with Gasteiger partial charge in [0.05, 0.1) is 6.04 Å². The molecule has 37 heavy (non-hydrogen) atoms. The van der Waals surface area contributed by atoms with Crippen molar-refractivity contribution in [2.45, 2.75) is 110 Å². The molecule has 0 bridgehead atoms. The maximum Gasteiger partial charge on any atom is 0.410 e. The molecule has 1 aromatic rings. The fourth-order valence-corrected chi connectivity index (χ4v) is 4.32. The predicted octanol–water partition coefficient (Wildman–Crippen LogP) is 6.09. The largest absolute Gasteiger partial charge is 0.458 e. The van der Waals surface area contributed by atoms with Crippen LogP contribution in [0.4, 0.5) is 9.59 Å². The van der Waals surface area contributed by atoms with E-state index in [-0.39, 0.29) is 25.2 Å². The molecule has 0 saturated carbocycles. The minimum atomic E-state index is -0.914. The van der Waals surface area contributed by atoms with E-state index in [2.05, 4.69) is 6.58 Å². The van der Waals surface area contributed by atoms with Gasteiger partial charge in [0.15, 0.2) is 0 Å². The van der Waals surface area contributed by atoms with Crippen LogP contribution in [0.2, 0.25) is 0 Å². The second kappa shape index (κ2) is 13.0. The summed E-state index contributed by atoms with van der Waals surface area (Å²) < 4.78 is 16.9. The van der Waals surface area contributed by atoms with Crippen LogP contribution in [0, 0.1) is 0 Å². The Morgan fingerprint density at radius 2 is 1.62 bits per heavy atom. The highest BCUT2D eigenvalue weighted by atomic mass is 16.6. The van der Waals surface area contributed by atoms with Gasteiger partial charge in [0.2, 0.25) is 0 Å². The number of esters is 1. The number of piperidine rings is 1. The van der Waals surface area contributed by atoms with E-state index in [1.54, 1.807) is 38.7 Å². The Morgan fingerprint density at radius 3 is 2.19 bits per heavy atom. The van der Waals surface area contributed by atoms with Gasteiger partial charge in [-0.15, -0.1) is 6.58 Å². The average Bonchev–Trinajstić information content (AvgIpc) is 2.79. The van der Waals surface area contributed by atoms with Gasteiger partial charge >= 0.3 is 18.2 Å². The highest BCUT2D eigenvalue weighted by molar-refractivity contribution is 5.81. The minimum absolute atomic E-state index is 0.0662. The number of hydrogen-bond donors (Lipinski definition) is 0.